The molecule has 1 atom stereocenters. The third-order valence-corrected chi connectivity index (χ3v) is 6.87. The predicted octanol–water partition coefficient (Wildman–Crippen LogP) is 1.98. The summed E-state index contributed by atoms with van der Waals surface area (Å²) in [7, 11) is -3.92. The number of sulfonamides is 1. The first-order valence-corrected chi connectivity index (χ1v) is 8.93. The van der Waals surface area contributed by atoms with Crippen LogP contribution in [0.4, 0.5) is 5.69 Å². The highest BCUT2D eigenvalue weighted by molar-refractivity contribution is 7.89. The van der Waals surface area contributed by atoms with Gasteiger partial charge in [-0.3, -0.25) is 10.1 Å². The van der Waals surface area contributed by atoms with E-state index in [-0.39, 0.29) is 22.3 Å². The lowest BCUT2D eigenvalue weighted by Crippen LogP contribution is -2.45. The quantitative estimate of drug-likeness (QED) is 0.665. The highest BCUT2D eigenvalue weighted by Gasteiger charge is 2.49. The molecule has 1 aliphatic heterocycles. The molecule has 0 amide bonds. The lowest BCUT2D eigenvalue weighted by Gasteiger charge is -2.41. The number of hydrogen-bond acceptors (Lipinski definition) is 5. The summed E-state index contributed by atoms with van der Waals surface area (Å²) in [6.07, 6.45) is 0.646. The van der Waals surface area contributed by atoms with Gasteiger partial charge in [-0.2, -0.15) is 4.31 Å². The number of nitro groups is 1. The zero-order valence-corrected chi connectivity index (χ0v) is 14.5. The molecule has 7 nitrogen and oxygen atoms in total. The SMILES string of the molecule is CC(C)(C)C1(CN)CCN(S(=O)(=O)c2ccccc2[N+](=O)[O-])C1. The van der Waals surface area contributed by atoms with Gasteiger partial charge < -0.3 is 5.73 Å². The number of nitrogens with two attached hydrogens (primary N) is 1. The van der Waals surface area contributed by atoms with Crippen molar-refractivity contribution in [1.82, 2.24) is 4.31 Å². The van der Waals surface area contributed by atoms with Crippen LogP contribution in [0, 0.1) is 20.9 Å². The molecule has 0 aromatic heterocycles. The van der Waals surface area contributed by atoms with Gasteiger partial charge in [0.15, 0.2) is 4.90 Å². The van der Waals surface area contributed by atoms with E-state index >= 15 is 0 Å². The van der Waals surface area contributed by atoms with Gasteiger partial charge in [-0.15, -0.1) is 0 Å². The predicted molar refractivity (Wildman–Crippen MR) is 87.4 cm³/mol. The van der Waals surface area contributed by atoms with E-state index in [0.29, 0.717) is 19.5 Å². The first kappa shape index (κ1) is 17.8. The molecule has 1 fully saturated rings. The second-order valence-electron chi connectivity index (χ2n) is 7.05. The normalized spacial score (nSPS) is 23.1. The molecule has 2 rings (SSSR count). The Balaban J connectivity index is 2.42. The third kappa shape index (κ3) is 2.98. The van der Waals surface area contributed by atoms with E-state index in [1.54, 1.807) is 0 Å². The topological polar surface area (TPSA) is 107 Å². The zero-order chi connectivity index (χ0) is 17.5. The Labute approximate surface area is 136 Å². The summed E-state index contributed by atoms with van der Waals surface area (Å²) in [5, 5.41) is 11.1. The second-order valence-corrected chi connectivity index (χ2v) is 8.95. The molecule has 1 aromatic carbocycles. The smallest absolute Gasteiger partial charge is 0.289 e. The monoisotopic (exact) mass is 341 g/mol. The van der Waals surface area contributed by atoms with Crippen LogP contribution in [-0.4, -0.2) is 37.3 Å². The van der Waals surface area contributed by atoms with Crippen LogP contribution in [0.15, 0.2) is 29.2 Å². The fourth-order valence-corrected chi connectivity index (χ4v) is 4.77. The molecule has 0 bridgehead atoms. The second kappa shape index (κ2) is 5.85. The summed E-state index contributed by atoms with van der Waals surface area (Å²) in [4.78, 5) is 10.2. The van der Waals surface area contributed by atoms with Crippen molar-refractivity contribution in [3.05, 3.63) is 34.4 Å². The molecular formula is C15H23N3O4S. The zero-order valence-electron chi connectivity index (χ0n) is 13.7. The van der Waals surface area contributed by atoms with Crippen LogP contribution in [0.3, 0.4) is 0 Å². The number of rotatable bonds is 4. The van der Waals surface area contributed by atoms with Gasteiger partial charge in [0, 0.05) is 24.6 Å². The number of para-hydroxylation sites is 1. The fraction of sp³-hybridized carbons (Fsp3) is 0.600. The van der Waals surface area contributed by atoms with E-state index < -0.39 is 20.6 Å². The minimum Gasteiger partial charge on any atom is -0.330 e. The highest BCUT2D eigenvalue weighted by Crippen LogP contribution is 2.46. The van der Waals surface area contributed by atoms with Gasteiger partial charge in [-0.25, -0.2) is 8.42 Å². The number of benzene rings is 1. The standard InChI is InChI=1S/C15H23N3O4S/c1-14(2,3)15(10-16)8-9-17(11-15)23(21,22)13-7-5-4-6-12(13)18(19)20/h4-7H,8-11,16H2,1-3H3. The van der Waals surface area contributed by atoms with Gasteiger partial charge in [-0.1, -0.05) is 32.9 Å². The Kier molecular flexibility index (Phi) is 4.53. The highest BCUT2D eigenvalue weighted by atomic mass is 32.2. The summed E-state index contributed by atoms with van der Waals surface area (Å²) in [5.41, 5.74) is 5.06. The number of nitro benzene ring substituents is 1. The van der Waals surface area contributed by atoms with Crippen molar-refractivity contribution in [2.75, 3.05) is 19.6 Å². The maximum atomic E-state index is 12.9. The molecule has 0 aliphatic carbocycles. The average molecular weight is 341 g/mol. The molecule has 2 N–H and O–H groups in total. The molecular weight excluding hydrogens is 318 g/mol. The molecule has 1 aromatic rings. The Morgan fingerprint density at radius 1 is 1.35 bits per heavy atom. The number of hydrogen-bond donors (Lipinski definition) is 1. The minimum absolute atomic E-state index is 0.158. The molecule has 1 saturated heterocycles. The Bertz CT molecular complexity index is 712. The van der Waals surface area contributed by atoms with Crippen LogP contribution in [0.1, 0.15) is 27.2 Å². The van der Waals surface area contributed by atoms with Gasteiger partial charge in [-0.05, 0) is 24.4 Å². The van der Waals surface area contributed by atoms with Crippen molar-refractivity contribution in [3.8, 4) is 0 Å². The molecule has 0 radical (unpaired) electrons. The van der Waals surface area contributed by atoms with Gasteiger partial charge in [0.25, 0.3) is 5.69 Å². The number of nitrogens with zero attached hydrogens (tertiary/aromatic N) is 2. The van der Waals surface area contributed by atoms with Crippen LogP contribution in [0.5, 0.6) is 0 Å². The Hall–Kier alpha value is -1.51. The maximum absolute atomic E-state index is 12.9. The molecule has 0 spiro atoms. The fourth-order valence-electron chi connectivity index (χ4n) is 3.09. The summed E-state index contributed by atoms with van der Waals surface area (Å²) in [6, 6.07) is 5.45. The van der Waals surface area contributed by atoms with Gasteiger partial charge in [0.1, 0.15) is 0 Å². The van der Waals surface area contributed by atoms with Crippen LogP contribution < -0.4 is 5.73 Å². The lowest BCUT2D eigenvalue weighted by molar-refractivity contribution is -0.387. The van der Waals surface area contributed by atoms with Crippen molar-refractivity contribution in [2.45, 2.75) is 32.1 Å². The van der Waals surface area contributed by atoms with Crippen molar-refractivity contribution < 1.29 is 13.3 Å². The van der Waals surface area contributed by atoms with E-state index in [1.807, 2.05) is 20.8 Å². The maximum Gasteiger partial charge on any atom is 0.289 e. The van der Waals surface area contributed by atoms with Crippen LogP contribution in [0.2, 0.25) is 0 Å². The minimum atomic E-state index is -3.92. The average Bonchev–Trinajstić information content (AvgIpc) is 2.93. The van der Waals surface area contributed by atoms with Crippen LogP contribution in [-0.2, 0) is 10.0 Å². The van der Waals surface area contributed by atoms with Gasteiger partial charge in [0.2, 0.25) is 10.0 Å². The van der Waals surface area contributed by atoms with Crippen molar-refractivity contribution in [3.63, 3.8) is 0 Å². The Morgan fingerprint density at radius 2 is 1.96 bits per heavy atom. The molecule has 23 heavy (non-hydrogen) atoms. The van der Waals surface area contributed by atoms with E-state index in [2.05, 4.69) is 0 Å². The van der Waals surface area contributed by atoms with Crippen LogP contribution >= 0.6 is 0 Å². The van der Waals surface area contributed by atoms with E-state index in [1.165, 1.54) is 28.6 Å². The molecule has 8 heteroatoms. The van der Waals surface area contributed by atoms with Crippen molar-refractivity contribution in [1.29, 1.82) is 0 Å². The van der Waals surface area contributed by atoms with Gasteiger partial charge >= 0.3 is 0 Å². The van der Waals surface area contributed by atoms with E-state index in [4.69, 9.17) is 5.73 Å². The summed E-state index contributed by atoms with van der Waals surface area (Å²) in [5.74, 6) is 0. The van der Waals surface area contributed by atoms with E-state index in [9.17, 15) is 18.5 Å². The molecule has 0 saturated carbocycles. The lowest BCUT2D eigenvalue weighted by atomic mass is 9.66. The van der Waals surface area contributed by atoms with Crippen molar-refractivity contribution >= 4 is 15.7 Å². The third-order valence-electron chi connectivity index (χ3n) is 4.98. The molecule has 1 aliphatic rings. The molecule has 128 valence electrons. The van der Waals surface area contributed by atoms with Crippen molar-refractivity contribution in [2.24, 2.45) is 16.6 Å². The summed E-state index contributed by atoms with van der Waals surface area (Å²) < 4.78 is 27.1. The first-order valence-electron chi connectivity index (χ1n) is 7.49. The summed E-state index contributed by atoms with van der Waals surface area (Å²) >= 11 is 0. The first-order chi connectivity index (χ1) is 10.5. The largest absolute Gasteiger partial charge is 0.330 e. The van der Waals surface area contributed by atoms with Gasteiger partial charge in [0.05, 0.1) is 4.92 Å². The van der Waals surface area contributed by atoms with Crippen LogP contribution in [0.25, 0.3) is 0 Å². The Morgan fingerprint density at radius 3 is 2.43 bits per heavy atom. The summed E-state index contributed by atoms with van der Waals surface area (Å²) in [6.45, 7) is 7.10. The molecule has 1 unspecified atom stereocenters. The molecule has 1 heterocycles. The van der Waals surface area contributed by atoms with E-state index in [0.717, 1.165) is 0 Å².